The Morgan fingerprint density at radius 2 is 2.20 bits per heavy atom. The van der Waals surface area contributed by atoms with Crippen LogP contribution in [-0.2, 0) is 13.0 Å². The van der Waals surface area contributed by atoms with Gasteiger partial charge in [0, 0.05) is 24.5 Å². The van der Waals surface area contributed by atoms with Crippen LogP contribution in [0.4, 0.5) is 0 Å². The predicted octanol–water partition coefficient (Wildman–Crippen LogP) is 3.26. The number of nitrogens with zero attached hydrogens (tertiary/aromatic N) is 1. The zero-order valence-electron chi connectivity index (χ0n) is 11.8. The van der Waals surface area contributed by atoms with Gasteiger partial charge in [-0.1, -0.05) is 12.1 Å². The van der Waals surface area contributed by atoms with Gasteiger partial charge in [0.15, 0.2) is 0 Å². The topological polar surface area (TPSA) is 45.1 Å². The molecule has 0 spiro atoms. The second-order valence-corrected chi connectivity index (χ2v) is 5.52. The predicted molar refractivity (Wildman–Crippen MR) is 79.6 cm³/mol. The number of hydrogen-bond donors (Lipinski definition) is 2. The van der Waals surface area contributed by atoms with Gasteiger partial charge in [0.2, 0.25) is 0 Å². The second kappa shape index (κ2) is 5.63. The molecule has 0 aliphatic heterocycles. The van der Waals surface area contributed by atoms with E-state index in [9.17, 15) is 5.11 Å². The largest absolute Gasteiger partial charge is 0.508 e. The van der Waals surface area contributed by atoms with Crippen LogP contribution >= 0.6 is 0 Å². The van der Waals surface area contributed by atoms with Gasteiger partial charge in [0.25, 0.3) is 0 Å². The molecule has 1 aliphatic rings. The lowest BCUT2D eigenvalue weighted by Gasteiger charge is -2.26. The number of aromatic hydroxyl groups is 1. The first-order valence-electron chi connectivity index (χ1n) is 7.19. The molecule has 3 rings (SSSR count). The summed E-state index contributed by atoms with van der Waals surface area (Å²) in [5.74, 6) is 0.356. The Morgan fingerprint density at radius 3 is 3.00 bits per heavy atom. The van der Waals surface area contributed by atoms with Gasteiger partial charge in [0.05, 0.1) is 0 Å². The third-order valence-corrected chi connectivity index (χ3v) is 3.97. The van der Waals surface area contributed by atoms with Gasteiger partial charge in [-0.2, -0.15) is 0 Å². The zero-order valence-corrected chi connectivity index (χ0v) is 11.8. The Bertz CT molecular complexity index is 592. The van der Waals surface area contributed by atoms with Crippen molar-refractivity contribution in [1.29, 1.82) is 0 Å². The monoisotopic (exact) mass is 268 g/mol. The van der Waals surface area contributed by atoms with E-state index in [-0.39, 0.29) is 0 Å². The van der Waals surface area contributed by atoms with Crippen LogP contribution in [0, 0.1) is 6.92 Å². The van der Waals surface area contributed by atoms with Crippen molar-refractivity contribution in [2.75, 3.05) is 0 Å². The van der Waals surface area contributed by atoms with Gasteiger partial charge in [-0.3, -0.25) is 4.98 Å². The van der Waals surface area contributed by atoms with Gasteiger partial charge in [0.1, 0.15) is 5.75 Å². The smallest absolute Gasteiger partial charge is 0.115 e. The average Bonchev–Trinajstić information content (AvgIpc) is 2.47. The molecule has 3 nitrogen and oxygen atoms in total. The lowest BCUT2D eigenvalue weighted by atomic mass is 9.87. The van der Waals surface area contributed by atoms with Crippen molar-refractivity contribution >= 4 is 0 Å². The number of phenolic OH excluding ortho intramolecular Hbond substituents is 1. The highest BCUT2D eigenvalue weighted by molar-refractivity contribution is 5.38. The molecule has 1 heterocycles. The minimum absolute atomic E-state index is 0.326. The maximum atomic E-state index is 9.68. The number of pyridine rings is 1. The maximum absolute atomic E-state index is 9.68. The van der Waals surface area contributed by atoms with E-state index >= 15 is 0 Å². The van der Waals surface area contributed by atoms with E-state index in [1.165, 1.54) is 23.1 Å². The number of aromatic nitrogens is 1. The van der Waals surface area contributed by atoms with Crippen LogP contribution in [0.25, 0.3) is 0 Å². The standard InChI is InChI=1S/C17H20N2O/c1-12-5-6-13(10-18-12)11-19-17-4-2-3-14-7-8-15(20)9-16(14)17/h5-10,17,19-20H,2-4,11H2,1H3. The Morgan fingerprint density at radius 1 is 1.30 bits per heavy atom. The van der Waals surface area contributed by atoms with Crippen LogP contribution < -0.4 is 5.32 Å². The van der Waals surface area contributed by atoms with E-state index in [1.54, 1.807) is 6.07 Å². The van der Waals surface area contributed by atoms with Crippen molar-refractivity contribution in [2.24, 2.45) is 0 Å². The molecule has 0 amide bonds. The molecule has 1 unspecified atom stereocenters. The normalized spacial score (nSPS) is 17.8. The number of benzene rings is 1. The average molecular weight is 268 g/mol. The summed E-state index contributed by atoms with van der Waals surface area (Å²) in [4.78, 5) is 4.32. The fraction of sp³-hybridized carbons (Fsp3) is 0.353. The van der Waals surface area contributed by atoms with Crippen LogP contribution in [0.15, 0.2) is 36.5 Å². The van der Waals surface area contributed by atoms with Crippen molar-refractivity contribution in [3.05, 3.63) is 58.9 Å². The van der Waals surface area contributed by atoms with Gasteiger partial charge in [-0.25, -0.2) is 0 Å². The molecule has 0 radical (unpaired) electrons. The molecule has 0 bridgehead atoms. The minimum Gasteiger partial charge on any atom is -0.508 e. The van der Waals surface area contributed by atoms with Crippen LogP contribution in [0.1, 0.15) is 41.3 Å². The summed E-state index contributed by atoms with van der Waals surface area (Å²) in [5.41, 5.74) is 4.84. The Balaban J connectivity index is 1.73. The molecule has 1 atom stereocenters. The van der Waals surface area contributed by atoms with Crippen molar-refractivity contribution in [1.82, 2.24) is 10.3 Å². The van der Waals surface area contributed by atoms with E-state index in [1.807, 2.05) is 31.3 Å². The first kappa shape index (κ1) is 13.1. The summed E-state index contributed by atoms with van der Waals surface area (Å²) in [6.07, 6.45) is 5.35. The maximum Gasteiger partial charge on any atom is 0.115 e. The van der Waals surface area contributed by atoms with Gasteiger partial charge in [-0.05, 0) is 61.1 Å². The molecule has 0 saturated carbocycles. The fourth-order valence-electron chi connectivity index (χ4n) is 2.84. The molecule has 2 N–H and O–H groups in total. The molecule has 1 aromatic heterocycles. The fourth-order valence-corrected chi connectivity index (χ4v) is 2.84. The zero-order chi connectivity index (χ0) is 13.9. The molecule has 1 aliphatic carbocycles. The van der Waals surface area contributed by atoms with E-state index < -0.39 is 0 Å². The molecule has 0 fully saturated rings. The molecular weight excluding hydrogens is 248 g/mol. The summed E-state index contributed by atoms with van der Waals surface area (Å²) in [6, 6.07) is 10.2. The molecule has 3 heteroatoms. The molecule has 1 aromatic carbocycles. The van der Waals surface area contributed by atoms with Crippen molar-refractivity contribution in [3.8, 4) is 5.75 Å². The number of phenols is 1. The number of hydrogen-bond acceptors (Lipinski definition) is 3. The van der Waals surface area contributed by atoms with Crippen LogP contribution in [-0.4, -0.2) is 10.1 Å². The van der Waals surface area contributed by atoms with E-state index in [2.05, 4.69) is 16.4 Å². The number of rotatable bonds is 3. The van der Waals surface area contributed by atoms with Crippen molar-refractivity contribution in [3.63, 3.8) is 0 Å². The van der Waals surface area contributed by atoms with Crippen LogP contribution in [0.2, 0.25) is 0 Å². The summed E-state index contributed by atoms with van der Waals surface area (Å²) >= 11 is 0. The highest BCUT2D eigenvalue weighted by atomic mass is 16.3. The first-order chi connectivity index (χ1) is 9.72. The summed E-state index contributed by atoms with van der Waals surface area (Å²) in [7, 11) is 0. The molecular formula is C17H20N2O. The summed E-state index contributed by atoms with van der Waals surface area (Å²) < 4.78 is 0. The lowest BCUT2D eigenvalue weighted by Crippen LogP contribution is -2.24. The third-order valence-electron chi connectivity index (χ3n) is 3.97. The lowest BCUT2D eigenvalue weighted by molar-refractivity contribution is 0.445. The second-order valence-electron chi connectivity index (χ2n) is 5.52. The SMILES string of the molecule is Cc1ccc(CNC2CCCc3ccc(O)cc32)cn1. The Kier molecular flexibility index (Phi) is 3.70. The summed E-state index contributed by atoms with van der Waals surface area (Å²) in [5, 5.41) is 13.3. The third kappa shape index (κ3) is 2.83. The number of aryl methyl sites for hydroxylation is 2. The van der Waals surface area contributed by atoms with Crippen molar-refractivity contribution < 1.29 is 5.11 Å². The van der Waals surface area contributed by atoms with E-state index in [0.29, 0.717) is 11.8 Å². The molecule has 104 valence electrons. The molecule has 0 saturated heterocycles. The van der Waals surface area contributed by atoms with Gasteiger partial charge in [-0.15, -0.1) is 0 Å². The first-order valence-corrected chi connectivity index (χ1v) is 7.19. The van der Waals surface area contributed by atoms with Crippen molar-refractivity contribution in [2.45, 2.75) is 38.8 Å². The molecule has 2 aromatic rings. The minimum atomic E-state index is 0.326. The highest BCUT2D eigenvalue weighted by Gasteiger charge is 2.20. The van der Waals surface area contributed by atoms with Crippen LogP contribution in [0.3, 0.4) is 0 Å². The Labute approximate surface area is 119 Å². The highest BCUT2D eigenvalue weighted by Crippen LogP contribution is 2.32. The quantitative estimate of drug-likeness (QED) is 0.898. The van der Waals surface area contributed by atoms with E-state index in [0.717, 1.165) is 25.1 Å². The van der Waals surface area contributed by atoms with Gasteiger partial charge < -0.3 is 10.4 Å². The van der Waals surface area contributed by atoms with Crippen LogP contribution in [0.5, 0.6) is 5.75 Å². The van der Waals surface area contributed by atoms with E-state index in [4.69, 9.17) is 0 Å². The molecule has 20 heavy (non-hydrogen) atoms. The number of fused-ring (bicyclic) bond motifs is 1. The Hall–Kier alpha value is -1.87. The van der Waals surface area contributed by atoms with Gasteiger partial charge >= 0.3 is 0 Å². The number of nitrogens with one attached hydrogen (secondary N) is 1. The summed E-state index contributed by atoms with van der Waals surface area (Å²) in [6.45, 7) is 2.81.